The van der Waals surface area contributed by atoms with Gasteiger partial charge in [0.05, 0.1) is 0 Å². The minimum atomic E-state index is -0.300. The highest BCUT2D eigenvalue weighted by Crippen LogP contribution is 2.13. The van der Waals surface area contributed by atoms with Gasteiger partial charge in [0.2, 0.25) is 0 Å². The number of urea groups is 1. The van der Waals surface area contributed by atoms with Crippen LogP contribution in [-0.2, 0) is 0 Å². The van der Waals surface area contributed by atoms with Gasteiger partial charge in [0.15, 0.2) is 0 Å². The van der Waals surface area contributed by atoms with Crippen molar-refractivity contribution in [1.29, 1.82) is 0 Å². The summed E-state index contributed by atoms with van der Waals surface area (Å²) in [7, 11) is 0. The molecule has 14 heavy (non-hydrogen) atoms. The Labute approximate surface area is 85.8 Å². The minimum Gasteiger partial charge on any atom is -0.351 e. The van der Waals surface area contributed by atoms with Crippen LogP contribution in [0, 0.1) is 5.92 Å². The molecule has 1 rings (SSSR count). The monoisotopic (exact) mass is 199 g/mol. The molecule has 2 amide bonds. The number of piperidine rings is 1. The zero-order valence-corrected chi connectivity index (χ0v) is 9.12. The first-order chi connectivity index (χ1) is 6.61. The van der Waals surface area contributed by atoms with Gasteiger partial charge < -0.3 is 16.0 Å². The molecule has 1 atom stereocenters. The molecule has 0 aliphatic carbocycles. The van der Waals surface area contributed by atoms with Crippen LogP contribution in [0.4, 0.5) is 4.79 Å². The largest absolute Gasteiger partial charge is 0.351 e. The minimum absolute atomic E-state index is 0.203. The summed E-state index contributed by atoms with van der Waals surface area (Å²) in [6, 6.07) is -0.0972. The zero-order valence-electron chi connectivity index (χ0n) is 9.12. The number of nitrogens with zero attached hydrogens (tertiary/aromatic N) is 1. The van der Waals surface area contributed by atoms with Crippen LogP contribution in [-0.4, -0.2) is 36.6 Å². The number of nitrogens with one attached hydrogen (secondary N) is 1. The van der Waals surface area contributed by atoms with Crippen molar-refractivity contribution in [3.63, 3.8) is 0 Å². The van der Waals surface area contributed by atoms with Gasteiger partial charge in [0.1, 0.15) is 0 Å². The maximum atomic E-state index is 11.1. The van der Waals surface area contributed by atoms with Crippen molar-refractivity contribution in [2.24, 2.45) is 11.7 Å². The lowest BCUT2D eigenvalue weighted by atomic mass is 9.99. The Morgan fingerprint density at radius 2 is 2.36 bits per heavy atom. The summed E-state index contributed by atoms with van der Waals surface area (Å²) in [5.74, 6) is 0.568. The molecular formula is C10H21N3O. The summed E-state index contributed by atoms with van der Waals surface area (Å²) < 4.78 is 0. The van der Waals surface area contributed by atoms with E-state index in [2.05, 4.69) is 5.32 Å². The topological polar surface area (TPSA) is 58.4 Å². The first-order valence-electron chi connectivity index (χ1n) is 5.38. The van der Waals surface area contributed by atoms with E-state index in [-0.39, 0.29) is 12.1 Å². The summed E-state index contributed by atoms with van der Waals surface area (Å²) in [4.78, 5) is 12.9. The molecule has 4 heteroatoms. The van der Waals surface area contributed by atoms with E-state index >= 15 is 0 Å². The molecule has 0 aromatic heterocycles. The summed E-state index contributed by atoms with van der Waals surface area (Å²) in [5, 5.41) is 3.34. The molecule has 0 bridgehead atoms. The number of carbonyl (C=O) groups excluding carboxylic acids is 1. The predicted molar refractivity (Wildman–Crippen MR) is 57.0 cm³/mol. The second kappa shape index (κ2) is 5.20. The van der Waals surface area contributed by atoms with Gasteiger partial charge in [-0.15, -0.1) is 0 Å². The molecule has 3 N–H and O–H groups in total. The fraction of sp³-hybridized carbons (Fsp3) is 0.900. The molecule has 1 unspecified atom stereocenters. The Kier molecular flexibility index (Phi) is 4.20. The van der Waals surface area contributed by atoms with Gasteiger partial charge in [-0.2, -0.15) is 0 Å². The molecule has 1 saturated heterocycles. The first-order valence-corrected chi connectivity index (χ1v) is 5.38. The summed E-state index contributed by atoms with van der Waals surface area (Å²) in [6.45, 7) is 6.91. The fourth-order valence-electron chi connectivity index (χ4n) is 1.91. The van der Waals surface area contributed by atoms with Gasteiger partial charge in [0.25, 0.3) is 0 Å². The Morgan fingerprint density at radius 3 is 2.79 bits per heavy atom. The van der Waals surface area contributed by atoms with Crippen molar-refractivity contribution >= 4 is 6.03 Å². The number of hydrogen-bond acceptors (Lipinski definition) is 2. The number of rotatable bonds is 3. The van der Waals surface area contributed by atoms with E-state index in [0.29, 0.717) is 5.92 Å². The van der Waals surface area contributed by atoms with Gasteiger partial charge in [-0.25, -0.2) is 4.79 Å². The third-order valence-corrected chi connectivity index (χ3v) is 2.76. The molecule has 82 valence electrons. The Balaban J connectivity index is 2.41. The van der Waals surface area contributed by atoms with Crippen molar-refractivity contribution < 1.29 is 4.79 Å². The maximum absolute atomic E-state index is 11.1. The van der Waals surface area contributed by atoms with Gasteiger partial charge in [-0.05, 0) is 45.7 Å². The van der Waals surface area contributed by atoms with Gasteiger partial charge in [-0.3, -0.25) is 0 Å². The van der Waals surface area contributed by atoms with E-state index in [1.165, 1.54) is 12.8 Å². The van der Waals surface area contributed by atoms with Crippen molar-refractivity contribution in [2.45, 2.75) is 32.7 Å². The van der Waals surface area contributed by atoms with E-state index in [0.717, 1.165) is 19.6 Å². The molecule has 0 aromatic rings. The SMILES string of the molecule is CC(C)N(CC1CCCNC1)C(N)=O. The molecule has 1 heterocycles. The van der Waals surface area contributed by atoms with Crippen molar-refractivity contribution in [2.75, 3.05) is 19.6 Å². The van der Waals surface area contributed by atoms with Gasteiger partial charge in [0, 0.05) is 12.6 Å². The van der Waals surface area contributed by atoms with Gasteiger partial charge in [-0.1, -0.05) is 0 Å². The summed E-state index contributed by atoms with van der Waals surface area (Å²) in [5.41, 5.74) is 5.32. The predicted octanol–water partition coefficient (Wildman–Crippen LogP) is 0.775. The Hall–Kier alpha value is -0.770. The van der Waals surface area contributed by atoms with Crippen LogP contribution < -0.4 is 11.1 Å². The molecule has 0 aromatic carbocycles. The lowest BCUT2D eigenvalue weighted by Gasteiger charge is -2.31. The van der Waals surface area contributed by atoms with E-state index < -0.39 is 0 Å². The maximum Gasteiger partial charge on any atom is 0.315 e. The molecule has 0 radical (unpaired) electrons. The lowest BCUT2D eigenvalue weighted by molar-refractivity contribution is 0.172. The molecule has 1 fully saturated rings. The normalized spacial score (nSPS) is 22.4. The molecule has 1 aliphatic heterocycles. The van der Waals surface area contributed by atoms with Crippen molar-refractivity contribution in [3.8, 4) is 0 Å². The third kappa shape index (κ3) is 3.18. The number of nitrogens with two attached hydrogens (primary N) is 1. The number of primary amides is 1. The number of hydrogen-bond donors (Lipinski definition) is 2. The average molecular weight is 199 g/mol. The van der Waals surface area contributed by atoms with Crippen molar-refractivity contribution in [3.05, 3.63) is 0 Å². The quantitative estimate of drug-likeness (QED) is 0.705. The van der Waals surface area contributed by atoms with Gasteiger partial charge >= 0.3 is 6.03 Å². The number of carbonyl (C=O) groups is 1. The summed E-state index contributed by atoms with van der Waals surface area (Å²) >= 11 is 0. The van der Waals surface area contributed by atoms with Crippen LogP contribution in [0.5, 0.6) is 0 Å². The molecular weight excluding hydrogens is 178 g/mol. The van der Waals surface area contributed by atoms with E-state index in [9.17, 15) is 4.79 Å². The average Bonchev–Trinajstić information content (AvgIpc) is 2.15. The van der Waals surface area contributed by atoms with Crippen LogP contribution in [0.25, 0.3) is 0 Å². The molecule has 4 nitrogen and oxygen atoms in total. The van der Waals surface area contributed by atoms with Crippen LogP contribution in [0.1, 0.15) is 26.7 Å². The fourth-order valence-corrected chi connectivity index (χ4v) is 1.91. The molecule has 1 aliphatic rings. The number of amides is 2. The summed E-state index contributed by atoms with van der Waals surface area (Å²) in [6.07, 6.45) is 2.40. The molecule has 0 spiro atoms. The highest BCUT2D eigenvalue weighted by atomic mass is 16.2. The Morgan fingerprint density at radius 1 is 1.64 bits per heavy atom. The third-order valence-electron chi connectivity index (χ3n) is 2.76. The smallest absolute Gasteiger partial charge is 0.315 e. The highest BCUT2D eigenvalue weighted by molar-refractivity contribution is 5.72. The standard InChI is InChI=1S/C10H21N3O/c1-8(2)13(10(11)14)7-9-4-3-5-12-6-9/h8-9,12H,3-7H2,1-2H3,(H2,11,14). The second-order valence-corrected chi connectivity index (χ2v) is 4.30. The first kappa shape index (κ1) is 11.3. The zero-order chi connectivity index (χ0) is 10.6. The Bertz CT molecular complexity index is 188. The van der Waals surface area contributed by atoms with E-state index in [4.69, 9.17) is 5.73 Å². The van der Waals surface area contributed by atoms with Crippen LogP contribution in [0.2, 0.25) is 0 Å². The lowest BCUT2D eigenvalue weighted by Crippen LogP contribution is -2.46. The highest BCUT2D eigenvalue weighted by Gasteiger charge is 2.20. The van der Waals surface area contributed by atoms with E-state index in [1.54, 1.807) is 4.90 Å². The van der Waals surface area contributed by atoms with Crippen molar-refractivity contribution in [1.82, 2.24) is 10.2 Å². The second-order valence-electron chi connectivity index (χ2n) is 4.30. The van der Waals surface area contributed by atoms with E-state index in [1.807, 2.05) is 13.8 Å². The van der Waals surface area contributed by atoms with Crippen LogP contribution >= 0.6 is 0 Å². The molecule has 0 saturated carbocycles. The van der Waals surface area contributed by atoms with Crippen LogP contribution in [0.3, 0.4) is 0 Å². The van der Waals surface area contributed by atoms with Crippen LogP contribution in [0.15, 0.2) is 0 Å².